The number of aliphatic hydroxyl groups is 1. The van der Waals surface area contributed by atoms with Gasteiger partial charge < -0.3 is 19.5 Å². The van der Waals surface area contributed by atoms with E-state index in [1.165, 1.54) is 12.8 Å². The first kappa shape index (κ1) is 23.4. The van der Waals surface area contributed by atoms with E-state index in [1.807, 2.05) is 24.1 Å². The van der Waals surface area contributed by atoms with Gasteiger partial charge in [0, 0.05) is 12.7 Å². The molecule has 2 aromatic carbocycles. The Morgan fingerprint density at radius 2 is 1.74 bits per heavy atom. The number of hydrogen-bond acceptors (Lipinski definition) is 5. The third-order valence-corrected chi connectivity index (χ3v) is 6.44. The van der Waals surface area contributed by atoms with Crippen molar-refractivity contribution in [1.82, 2.24) is 0 Å². The molecule has 31 heavy (non-hydrogen) atoms. The van der Waals surface area contributed by atoms with Crippen molar-refractivity contribution in [2.45, 2.75) is 65.6 Å². The number of likely N-dealkylation sites (N-methyl/N-ethyl adjacent to an activating group) is 1. The molecule has 5 heteroatoms. The number of anilines is 1. The fourth-order valence-electron chi connectivity index (χ4n) is 4.44. The van der Waals surface area contributed by atoms with Gasteiger partial charge in [-0.1, -0.05) is 32.9 Å². The Hall–Kier alpha value is -2.27. The van der Waals surface area contributed by atoms with E-state index in [1.54, 1.807) is 6.92 Å². The molecular weight excluding hydrogens is 390 g/mol. The maximum Gasteiger partial charge on any atom is 0.336 e. The quantitative estimate of drug-likeness (QED) is 0.617. The normalized spacial score (nSPS) is 20.3. The number of ether oxygens (including phenoxy) is 2. The standard InChI is InChI=1S/C26H37NO4/c1-6-30-25(29)24(28)17-27(5)21-11-7-19-16-23(12-8-18(19)15-21)31-22-13-9-20(10-14-22)26(2,3)4/h7-8,11-12,15-16,20,22,24,28H,6,9-10,13-14,17H2,1-5H3. The summed E-state index contributed by atoms with van der Waals surface area (Å²) in [6.45, 7) is 9.19. The summed E-state index contributed by atoms with van der Waals surface area (Å²) in [6.07, 6.45) is 3.83. The Labute approximate surface area is 186 Å². The average molecular weight is 428 g/mol. The summed E-state index contributed by atoms with van der Waals surface area (Å²) in [5, 5.41) is 12.2. The number of aliphatic hydroxyl groups excluding tert-OH is 1. The Morgan fingerprint density at radius 3 is 2.39 bits per heavy atom. The molecule has 0 aliphatic heterocycles. The highest BCUT2D eigenvalue weighted by Crippen LogP contribution is 2.39. The smallest absolute Gasteiger partial charge is 0.336 e. The van der Waals surface area contributed by atoms with Crippen LogP contribution < -0.4 is 9.64 Å². The second-order valence-electron chi connectivity index (χ2n) is 9.80. The maximum absolute atomic E-state index is 11.7. The zero-order valence-corrected chi connectivity index (χ0v) is 19.6. The van der Waals surface area contributed by atoms with Gasteiger partial charge in [0.25, 0.3) is 0 Å². The summed E-state index contributed by atoms with van der Waals surface area (Å²) in [7, 11) is 1.86. The lowest BCUT2D eigenvalue weighted by atomic mass is 9.72. The molecule has 1 saturated carbocycles. The summed E-state index contributed by atoms with van der Waals surface area (Å²) >= 11 is 0. The molecule has 0 heterocycles. The first-order chi connectivity index (χ1) is 14.7. The zero-order chi connectivity index (χ0) is 22.6. The minimum atomic E-state index is -1.16. The van der Waals surface area contributed by atoms with Crippen LogP contribution >= 0.6 is 0 Å². The molecule has 1 aliphatic carbocycles. The Morgan fingerprint density at radius 1 is 1.10 bits per heavy atom. The van der Waals surface area contributed by atoms with E-state index < -0.39 is 12.1 Å². The molecule has 5 nitrogen and oxygen atoms in total. The Balaban J connectivity index is 1.62. The number of fused-ring (bicyclic) bond motifs is 1. The number of esters is 1. The van der Waals surface area contributed by atoms with Crippen LogP contribution in [0.5, 0.6) is 5.75 Å². The highest BCUT2D eigenvalue weighted by molar-refractivity contribution is 5.87. The fourth-order valence-corrected chi connectivity index (χ4v) is 4.44. The number of benzene rings is 2. The molecule has 0 aromatic heterocycles. The van der Waals surface area contributed by atoms with E-state index in [4.69, 9.17) is 9.47 Å². The molecule has 0 bridgehead atoms. The molecule has 1 fully saturated rings. The SMILES string of the molecule is CCOC(=O)C(O)CN(C)c1ccc2cc(OC3CCC(C(C)(C)C)CC3)ccc2c1. The van der Waals surface area contributed by atoms with Crippen molar-refractivity contribution in [3.8, 4) is 5.75 Å². The third kappa shape index (κ3) is 6.13. The summed E-state index contributed by atoms with van der Waals surface area (Å²) in [6, 6.07) is 12.3. The van der Waals surface area contributed by atoms with Crippen molar-refractivity contribution < 1.29 is 19.4 Å². The van der Waals surface area contributed by atoms with Crippen molar-refractivity contribution in [3.05, 3.63) is 36.4 Å². The van der Waals surface area contributed by atoms with Gasteiger partial charge in [-0.2, -0.15) is 0 Å². The average Bonchev–Trinajstić information content (AvgIpc) is 2.73. The fraction of sp³-hybridized carbons (Fsp3) is 0.577. The highest BCUT2D eigenvalue weighted by Gasteiger charge is 2.30. The molecular formula is C26H37NO4. The number of carbonyl (C=O) groups is 1. The van der Waals surface area contributed by atoms with Gasteiger partial charge >= 0.3 is 5.97 Å². The number of rotatable bonds is 7. The zero-order valence-electron chi connectivity index (χ0n) is 19.6. The second kappa shape index (κ2) is 9.90. The molecule has 0 amide bonds. The van der Waals surface area contributed by atoms with Crippen molar-refractivity contribution in [1.29, 1.82) is 0 Å². The van der Waals surface area contributed by atoms with E-state index in [-0.39, 0.29) is 13.2 Å². The van der Waals surface area contributed by atoms with Crippen molar-refractivity contribution in [2.24, 2.45) is 11.3 Å². The van der Waals surface area contributed by atoms with Crippen LogP contribution in [0.3, 0.4) is 0 Å². The molecule has 1 atom stereocenters. The maximum atomic E-state index is 11.7. The van der Waals surface area contributed by atoms with Crippen molar-refractivity contribution >= 4 is 22.4 Å². The Kier molecular flexibility index (Phi) is 7.47. The van der Waals surface area contributed by atoms with Gasteiger partial charge in [0.1, 0.15) is 5.75 Å². The number of carbonyl (C=O) groups excluding carboxylic acids is 1. The van der Waals surface area contributed by atoms with Gasteiger partial charge in [-0.15, -0.1) is 0 Å². The van der Waals surface area contributed by atoms with Crippen LogP contribution in [-0.2, 0) is 9.53 Å². The van der Waals surface area contributed by atoms with Gasteiger partial charge in [0.15, 0.2) is 6.10 Å². The van der Waals surface area contributed by atoms with Crippen LogP contribution in [0.4, 0.5) is 5.69 Å². The summed E-state index contributed by atoms with van der Waals surface area (Å²) in [5.41, 5.74) is 1.32. The molecule has 0 radical (unpaired) electrons. The van der Waals surface area contributed by atoms with E-state index in [0.29, 0.717) is 11.5 Å². The largest absolute Gasteiger partial charge is 0.490 e. The van der Waals surface area contributed by atoms with Gasteiger partial charge in [-0.25, -0.2) is 4.79 Å². The van der Waals surface area contributed by atoms with Gasteiger partial charge in [0.05, 0.1) is 19.3 Å². The summed E-state index contributed by atoms with van der Waals surface area (Å²) in [4.78, 5) is 13.5. The van der Waals surface area contributed by atoms with Gasteiger partial charge in [-0.05, 0) is 79.0 Å². The molecule has 1 aliphatic rings. The molecule has 2 aromatic rings. The van der Waals surface area contributed by atoms with Gasteiger partial charge in [0.2, 0.25) is 0 Å². The van der Waals surface area contributed by atoms with Gasteiger partial charge in [-0.3, -0.25) is 0 Å². The minimum absolute atomic E-state index is 0.183. The van der Waals surface area contributed by atoms with Crippen molar-refractivity contribution in [2.75, 3.05) is 25.1 Å². The lowest BCUT2D eigenvalue weighted by Gasteiger charge is -2.37. The van der Waals surface area contributed by atoms with E-state index in [9.17, 15) is 9.90 Å². The Bertz CT molecular complexity index is 881. The van der Waals surface area contributed by atoms with Crippen LogP contribution in [0.1, 0.15) is 53.4 Å². The topological polar surface area (TPSA) is 59.0 Å². The van der Waals surface area contributed by atoms with Crippen LogP contribution in [0.2, 0.25) is 0 Å². The minimum Gasteiger partial charge on any atom is -0.490 e. The molecule has 1 unspecified atom stereocenters. The van der Waals surface area contributed by atoms with Crippen LogP contribution in [-0.4, -0.2) is 43.5 Å². The molecule has 1 N–H and O–H groups in total. The summed E-state index contributed by atoms with van der Waals surface area (Å²) in [5.74, 6) is 1.11. The summed E-state index contributed by atoms with van der Waals surface area (Å²) < 4.78 is 11.2. The lowest BCUT2D eigenvalue weighted by Crippen LogP contribution is -2.35. The second-order valence-corrected chi connectivity index (χ2v) is 9.80. The van der Waals surface area contributed by atoms with Crippen LogP contribution in [0.15, 0.2) is 36.4 Å². The molecule has 170 valence electrons. The third-order valence-electron chi connectivity index (χ3n) is 6.44. The monoisotopic (exact) mass is 427 g/mol. The lowest BCUT2D eigenvalue weighted by molar-refractivity contribution is -0.152. The molecule has 3 rings (SSSR count). The highest BCUT2D eigenvalue weighted by atomic mass is 16.5. The predicted octanol–water partition coefficient (Wildman–Crippen LogP) is 5.18. The van der Waals surface area contributed by atoms with Crippen LogP contribution in [0, 0.1) is 11.3 Å². The predicted molar refractivity (Wildman–Crippen MR) is 126 cm³/mol. The number of nitrogens with zero attached hydrogens (tertiary/aromatic N) is 1. The molecule has 0 saturated heterocycles. The number of hydrogen-bond donors (Lipinski definition) is 1. The molecule has 0 spiro atoms. The van der Waals surface area contributed by atoms with E-state index in [2.05, 4.69) is 45.0 Å². The first-order valence-electron chi connectivity index (χ1n) is 11.4. The van der Waals surface area contributed by atoms with Crippen molar-refractivity contribution in [3.63, 3.8) is 0 Å². The van der Waals surface area contributed by atoms with Crippen LogP contribution in [0.25, 0.3) is 10.8 Å². The first-order valence-corrected chi connectivity index (χ1v) is 11.4. The van der Waals surface area contributed by atoms with E-state index >= 15 is 0 Å². The van der Waals surface area contributed by atoms with E-state index in [0.717, 1.165) is 41.0 Å².